The van der Waals surface area contributed by atoms with Crippen LogP contribution in [0, 0.1) is 0 Å². The van der Waals surface area contributed by atoms with Gasteiger partial charge in [-0.25, -0.2) is 0 Å². The van der Waals surface area contributed by atoms with Gasteiger partial charge < -0.3 is 9.32 Å². The van der Waals surface area contributed by atoms with Gasteiger partial charge in [-0.05, 0) is 127 Å². The molecule has 0 amide bonds. The van der Waals surface area contributed by atoms with Crippen molar-refractivity contribution in [2.45, 2.75) is 19.3 Å². The van der Waals surface area contributed by atoms with E-state index in [4.69, 9.17) is 4.42 Å². The van der Waals surface area contributed by atoms with Crippen molar-refractivity contribution in [3.05, 3.63) is 248 Å². The van der Waals surface area contributed by atoms with Crippen LogP contribution in [0.1, 0.15) is 25.0 Å². The molecule has 0 fully saturated rings. The van der Waals surface area contributed by atoms with E-state index in [1.165, 1.54) is 55.6 Å². The van der Waals surface area contributed by atoms with E-state index in [2.05, 4.69) is 243 Å². The van der Waals surface area contributed by atoms with Crippen LogP contribution in [0.15, 0.2) is 241 Å². The minimum absolute atomic E-state index is 0.197. The van der Waals surface area contributed by atoms with Crippen LogP contribution in [-0.2, 0) is 5.41 Å². The molecule has 65 heavy (non-hydrogen) atoms. The van der Waals surface area contributed by atoms with Crippen molar-refractivity contribution in [2.24, 2.45) is 0 Å². The van der Waals surface area contributed by atoms with E-state index in [1.807, 2.05) is 12.1 Å². The summed E-state index contributed by atoms with van der Waals surface area (Å²) in [5.74, 6) is 0. The Morgan fingerprint density at radius 3 is 1.49 bits per heavy atom. The average molecular weight is 832 g/mol. The summed E-state index contributed by atoms with van der Waals surface area (Å²) in [6, 6.07) is 85.8. The predicted octanol–water partition coefficient (Wildman–Crippen LogP) is 17.7. The molecule has 0 aliphatic heterocycles. The highest BCUT2D eigenvalue weighted by molar-refractivity contribution is 6.09. The molecule has 2 nitrogen and oxygen atoms in total. The summed E-state index contributed by atoms with van der Waals surface area (Å²) in [6.07, 6.45) is 0. The Morgan fingerprint density at radius 2 is 0.769 bits per heavy atom. The standard InChI is InChI=1S/C63H45NO/c1-63(2)59-40-49(43-16-7-4-8-17-43)32-36-55(59)56-37-35-53(41-60(56)63)64(51-33-30-46(31-34-51)45-28-26-44(27-29-45)42-14-5-3-6-15-42)52-21-12-19-48(39-52)47-18-11-20-50(38-47)54-23-13-24-58-57-22-9-10-25-61(57)65-62(54)58/h3-41H,1-2H3. The van der Waals surface area contributed by atoms with Gasteiger partial charge in [-0.3, -0.25) is 0 Å². The molecular weight excluding hydrogens is 787 g/mol. The SMILES string of the molecule is CC1(C)c2cc(-c3ccccc3)ccc2-c2ccc(N(c3ccc(-c4ccc(-c5ccccc5)cc4)cc3)c3cccc(-c4cccc(-c5cccc6c5oc5ccccc56)c4)c3)cc21. The maximum Gasteiger partial charge on any atom is 0.143 e. The largest absolute Gasteiger partial charge is 0.455 e. The van der Waals surface area contributed by atoms with Gasteiger partial charge in [-0.15, -0.1) is 0 Å². The summed E-state index contributed by atoms with van der Waals surface area (Å²) in [5, 5.41) is 2.27. The monoisotopic (exact) mass is 831 g/mol. The number of furan rings is 1. The number of para-hydroxylation sites is 2. The minimum atomic E-state index is -0.197. The van der Waals surface area contributed by atoms with Crippen molar-refractivity contribution in [1.82, 2.24) is 0 Å². The van der Waals surface area contributed by atoms with E-state index in [0.29, 0.717) is 0 Å². The molecule has 0 bridgehead atoms. The number of hydrogen-bond acceptors (Lipinski definition) is 2. The molecule has 1 aliphatic carbocycles. The van der Waals surface area contributed by atoms with Crippen LogP contribution in [0.2, 0.25) is 0 Å². The first-order valence-electron chi connectivity index (χ1n) is 22.5. The van der Waals surface area contributed by atoms with Crippen LogP contribution >= 0.6 is 0 Å². The Bertz CT molecular complexity index is 3540. The molecule has 1 heterocycles. The number of anilines is 3. The Morgan fingerprint density at radius 1 is 0.308 bits per heavy atom. The van der Waals surface area contributed by atoms with Crippen LogP contribution in [0.3, 0.4) is 0 Å². The van der Waals surface area contributed by atoms with Crippen molar-refractivity contribution >= 4 is 39.0 Å². The highest BCUT2D eigenvalue weighted by Crippen LogP contribution is 2.52. The quantitative estimate of drug-likeness (QED) is 0.152. The van der Waals surface area contributed by atoms with Crippen molar-refractivity contribution in [1.29, 1.82) is 0 Å². The number of benzene rings is 10. The highest BCUT2D eigenvalue weighted by atomic mass is 16.3. The molecule has 0 saturated heterocycles. The van der Waals surface area contributed by atoms with Crippen LogP contribution in [0.25, 0.3) is 88.7 Å². The van der Waals surface area contributed by atoms with E-state index in [0.717, 1.165) is 61.3 Å². The molecule has 1 aromatic heterocycles. The van der Waals surface area contributed by atoms with E-state index in [1.54, 1.807) is 0 Å². The fraction of sp³-hybridized carbons (Fsp3) is 0.0476. The maximum atomic E-state index is 6.48. The molecule has 0 radical (unpaired) electrons. The second kappa shape index (κ2) is 15.6. The normalized spacial score (nSPS) is 12.6. The number of nitrogens with zero attached hydrogens (tertiary/aromatic N) is 1. The molecular formula is C63H45NO. The van der Waals surface area contributed by atoms with Gasteiger partial charge in [0, 0.05) is 38.8 Å². The van der Waals surface area contributed by atoms with Gasteiger partial charge in [0.25, 0.3) is 0 Å². The van der Waals surface area contributed by atoms with Crippen molar-refractivity contribution < 1.29 is 4.42 Å². The van der Waals surface area contributed by atoms with Gasteiger partial charge in [-0.2, -0.15) is 0 Å². The second-order valence-electron chi connectivity index (χ2n) is 17.7. The summed E-state index contributed by atoms with van der Waals surface area (Å²) in [5.41, 5.74) is 22.0. The number of rotatable bonds is 8. The Kier molecular flexibility index (Phi) is 9.21. The van der Waals surface area contributed by atoms with Gasteiger partial charge in [0.15, 0.2) is 0 Å². The average Bonchev–Trinajstić information content (AvgIpc) is 3.86. The Labute approximate surface area is 380 Å². The van der Waals surface area contributed by atoms with Crippen LogP contribution in [0.5, 0.6) is 0 Å². The third-order valence-corrected chi connectivity index (χ3v) is 13.5. The Balaban J connectivity index is 0.945. The number of fused-ring (bicyclic) bond motifs is 6. The van der Waals surface area contributed by atoms with Gasteiger partial charge in [0.1, 0.15) is 11.2 Å². The van der Waals surface area contributed by atoms with Crippen molar-refractivity contribution in [3.8, 4) is 66.8 Å². The lowest BCUT2D eigenvalue weighted by molar-refractivity contribution is 0.660. The molecule has 0 N–H and O–H groups in total. The zero-order valence-corrected chi connectivity index (χ0v) is 36.4. The minimum Gasteiger partial charge on any atom is -0.455 e. The third kappa shape index (κ3) is 6.74. The first-order chi connectivity index (χ1) is 32.0. The predicted molar refractivity (Wildman–Crippen MR) is 273 cm³/mol. The molecule has 0 atom stereocenters. The van der Waals surface area contributed by atoms with Crippen LogP contribution in [0.4, 0.5) is 17.1 Å². The highest BCUT2D eigenvalue weighted by Gasteiger charge is 2.36. The summed E-state index contributed by atoms with van der Waals surface area (Å²) >= 11 is 0. The lowest BCUT2D eigenvalue weighted by Crippen LogP contribution is -2.16. The fourth-order valence-corrected chi connectivity index (χ4v) is 10.1. The summed E-state index contributed by atoms with van der Waals surface area (Å²) in [4.78, 5) is 2.42. The summed E-state index contributed by atoms with van der Waals surface area (Å²) in [7, 11) is 0. The lowest BCUT2D eigenvalue weighted by Gasteiger charge is -2.28. The number of hydrogen-bond donors (Lipinski definition) is 0. The Hall–Kier alpha value is -8.20. The summed E-state index contributed by atoms with van der Waals surface area (Å²) < 4.78 is 6.48. The topological polar surface area (TPSA) is 16.4 Å². The zero-order chi connectivity index (χ0) is 43.5. The molecule has 1 aliphatic rings. The molecule has 12 rings (SSSR count). The molecule has 10 aromatic carbocycles. The summed E-state index contributed by atoms with van der Waals surface area (Å²) in [6.45, 7) is 4.75. The van der Waals surface area contributed by atoms with Crippen molar-refractivity contribution in [2.75, 3.05) is 4.90 Å². The van der Waals surface area contributed by atoms with E-state index in [9.17, 15) is 0 Å². The van der Waals surface area contributed by atoms with E-state index >= 15 is 0 Å². The molecule has 308 valence electrons. The second-order valence-corrected chi connectivity index (χ2v) is 17.7. The molecule has 0 spiro atoms. The van der Waals surface area contributed by atoms with E-state index < -0.39 is 0 Å². The van der Waals surface area contributed by atoms with Gasteiger partial charge >= 0.3 is 0 Å². The molecule has 11 aromatic rings. The van der Waals surface area contributed by atoms with Gasteiger partial charge in [0.2, 0.25) is 0 Å². The van der Waals surface area contributed by atoms with E-state index in [-0.39, 0.29) is 5.41 Å². The maximum absolute atomic E-state index is 6.48. The van der Waals surface area contributed by atoms with Crippen LogP contribution < -0.4 is 4.90 Å². The molecule has 0 unspecified atom stereocenters. The lowest BCUT2D eigenvalue weighted by atomic mass is 9.81. The first-order valence-corrected chi connectivity index (χ1v) is 22.5. The smallest absolute Gasteiger partial charge is 0.143 e. The molecule has 0 saturated carbocycles. The fourth-order valence-electron chi connectivity index (χ4n) is 10.1. The zero-order valence-electron chi connectivity index (χ0n) is 36.4. The van der Waals surface area contributed by atoms with Gasteiger partial charge in [-0.1, -0.05) is 196 Å². The molecule has 2 heteroatoms. The van der Waals surface area contributed by atoms with Gasteiger partial charge in [0.05, 0.1) is 0 Å². The first kappa shape index (κ1) is 38.5. The third-order valence-electron chi connectivity index (χ3n) is 13.5. The van der Waals surface area contributed by atoms with Crippen LogP contribution in [-0.4, -0.2) is 0 Å². The van der Waals surface area contributed by atoms with Crippen molar-refractivity contribution in [3.63, 3.8) is 0 Å².